The lowest BCUT2D eigenvalue weighted by Gasteiger charge is -2.38. The first-order chi connectivity index (χ1) is 10.6. The smallest absolute Gasteiger partial charge is 0.137 e. The van der Waals surface area contributed by atoms with Gasteiger partial charge < -0.3 is 10.5 Å². The van der Waals surface area contributed by atoms with Gasteiger partial charge in [-0.2, -0.15) is 0 Å². The molecule has 0 unspecified atom stereocenters. The molecule has 1 aromatic carbocycles. The van der Waals surface area contributed by atoms with Crippen molar-refractivity contribution in [2.24, 2.45) is 11.7 Å². The summed E-state index contributed by atoms with van der Waals surface area (Å²) in [5.74, 6) is 1.81. The average molecular weight is 366 g/mol. The molecule has 2 nitrogen and oxygen atoms in total. The molecule has 0 bridgehead atoms. The Kier molecular flexibility index (Phi) is 5.13. The quantitative estimate of drug-likeness (QED) is 0.787. The van der Waals surface area contributed by atoms with E-state index in [4.69, 9.17) is 10.5 Å². The van der Waals surface area contributed by atoms with E-state index in [1.54, 1.807) is 0 Å². The fourth-order valence-electron chi connectivity index (χ4n) is 3.94. The number of hydrogen-bond donors (Lipinski definition) is 1. The van der Waals surface area contributed by atoms with Gasteiger partial charge >= 0.3 is 0 Å². The number of hydrogen-bond acceptors (Lipinski definition) is 2. The van der Waals surface area contributed by atoms with Crippen LogP contribution in [0.1, 0.15) is 62.5 Å². The molecule has 122 valence electrons. The van der Waals surface area contributed by atoms with Gasteiger partial charge in [-0.25, -0.2) is 0 Å². The van der Waals surface area contributed by atoms with E-state index in [-0.39, 0.29) is 5.41 Å². The maximum atomic E-state index is 6.30. The molecule has 3 heteroatoms. The zero-order chi connectivity index (χ0) is 15.6. The number of halogens is 1. The van der Waals surface area contributed by atoms with Gasteiger partial charge in [0.1, 0.15) is 5.75 Å². The average Bonchev–Trinajstić information content (AvgIpc) is 2.48. The number of rotatable bonds is 5. The summed E-state index contributed by atoms with van der Waals surface area (Å²) in [6.45, 7) is 3.75. The van der Waals surface area contributed by atoms with Crippen LogP contribution in [0.4, 0.5) is 0 Å². The van der Waals surface area contributed by atoms with Crippen LogP contribution in [-0.2, 0) is 5.41 Å². The van der Waals surface area contributed by atoms with Crippen LogP contribution in [0.5, 0.6) is 5.75 Å². The Morgan fingerprint density at radius 2 is 1.91 bits per heavy atom. The predicted molar refractivity (Wildman–Crippen MR) is 95.5 cm³/mol. The Labute approximate surface area is 142 Å². The van der Waals surface area contributed by atoms with Crippen LogP contribution in [0.25, 0.3) is 0 Å². The molecule has 2 fully saturated rings. The summed E-state index contributed by atoms with van der Waals surface area (Å²) in [5, 5.41) is 0. The van der Waals surface area contributed by atoms with E-state index < -0.39 is 0 Å². The molecule has 0 saturated heterocycles. The molecule has 2 aliphatic rings. The third-order valence-electron chi connectivity index (χ3n) is 5.65. The van der Waals surface area contributed by atoms with Crippen molar-refractivity contribution < 1.29 is 4.74 Å². The minimum atomic E-state index is 0.113. The van der Waals surface area contributed by atoms with Crippen molar-refractivity contribution in [2.45, 2.75) is 63.7 Å². The van der Waals surface area contributed by atoms with E-state index in [0.717, 1.165) is 29.3 Å². The molecule has 22 heavy (non-hydrogen) atoms. The molecule has 0 aromatic heterocycles. The molecule has 0 amide bonds. The van der Waals surface area contributed by atoms with E-state index in [0.29, 0.717) is 0 Å². The highest BCUT2D eigenvalue weighted by atomic mass is 79.9. The Bertz CT molecular complexity index is 518. The molecule has 0 spiro atoms. The highest BCUT2D eigenvalue weighted by Crippen LogP contribution is 2.46. The second kappa shape index (κ2) is 6.92. The number of ether oxygens (including phenoxy) is 1. The fraction of sp³-hybridized carbons (Fsp3) is 0.684. The molecule has 3 rings (SSSR count). The van der Waals surface area contributed by atoms with Crippen LogP contribution in [0.2, 0.25) is 0 Å². The molecule has 0 atom stereocenters. The van der Waals surface area contributed by atoms with E-state index in [2.05, 4.69) is 35.0 Å². The monoisotopic (exact) mass is 365 g/mol. The van der Waals surface area contributed by atoms with E-state index >= 15 is 0 Å². The van der Waals surface area contributed by atoms with Crippen molar-refractivity contribution in [2.75, 3.05) is 13.2 Å². The van der Waals surface area contributed by atoms with Gasteiger partial charge in [-0.3, -0.25) is 0 Å². The lowest BCUT2D eigenvalue weighted by molar-refractivity contribution is 0.174. The Morgan fingerprint density at radius 3 is 2.50 bits per heavy atom. The lowest BCUT2D eigenvalue weighted by Crippen LogP contribution is -2.37. The van der Waals surface area contributed by atoms with Crippen LogP contribution in [-0.4, -0.2) is 13.2 Å². The predicted octanol–water partition coefficient (Wildman–Crippen LogP) is 5.10. The molecule has 2 N–H and O–H groups in total. The largest absolute Gasteiger partial charge is 0.492 e. The van der Waals surface area contributed by atoms with Gasteiger partial charge in [-0.15, -0.1) is 0 Å². The van der Waals surface area contributed by atoms with Crippen molar-refractivity contribution in [1.29, 1.82) is 0 Å². The maximum Gasteiger partial charge on any atom is 0.137 e. The zero-order valence-corrected chi connectivity index (χ0v) is 15.3. The van der Waals surface area contributed by atoms with E-state index in [9.17, 15) is 0 Å². The van der Waals surface area contributed by atoms with Gasteiger partial charge in [0, 0.05) is 17.5 Å². The van der Waals surface area contributed by atoms with Crippen LogP contribution in [0.15, 0.2) is 16.6 Å². The molecule has 2 saturated carbocycles. The summed E-state index contributed by atoms with van der Waals surface area (Å²) >= 11 is 3.74. The molecule has 0 heterocycles. The van der Waals surface area contributed by atoms with Crippen molar-refractivity contribution in [3.8, 4) is 5.75 Å². The summed E-state index contributed by atoms with van der Waals surface area (Å²) in [5.41, 5.74) is 9.01. The zero-order valence-electron chi connectivity index (χ0n) is 13.7. The van der Waals surface area contributed by atoms with E-state index in [1.807, 2.05) is 0 Å². The summed E-state index contributed by atoms with van der Waals surface area (Å²) in [6, 6.07) is 4.49. The third kappa shape index (κ3) is 3.21. The lowest BCUT2D eigenvalue weighted by atomic mass is 9.69. The molecule has 0 aliphatic heterocycles. The second-order valence-corrected chi connectivity index (χ2v) is 8.13. The topological polar surface area (TPSA) is 35.2 Å². The van der Waals surface area contributed by atoms with Gasteiger partial charge in [0.2, 0.25) is 0 Å². The Balaban J connectivity index is 1.92. The second-order valence-electron chi connectivity index (χ2n) is 7.28. The molecule has 2 aliphatic carbocycles. The summed E-state index contributed by atoms with van der Waals surface area (Å²) in [4.78, 5) is 0. The fourth-order valence-corrected chi connectivity index (χ4v) is 4.63. The Morgan fingerprint density at radius 1 is 1.18 bits per heavy atom. The number of benzene rings is 1. The van der Waals surface area contributed by atoms with Crippen molar-refractivity contribution in [3.05, 3.63) is 27.7 Å². The van der Waals surface area contributed by atoms with E-state index in [1.165, 1.54) is 62.5 Å². The number of nitrogens with two attached hydrogens (primary N) is 1. The minimum Gasteiger partial charge on any atom is -0.492 e. The van der Waals surface area contributed by atoms with Gasteiger partial charge in [0.05, 0.1) is 11.1 Å². The standard InChI is InChI=1S/C19H28BrNO/c1-14-10-16(19(13-21)8-3-2-4-9-19)18(17(20)11-14)22-12-15-6-5-7-15/h10-11,15H,2-9,12-13,21H2,1H3. The first-order valence-corrected chi connectivity index (χ1v) is 9.57. The maximum absolute atomic E-state index is 6.30. The SMILES string of the molecule is Cc1cc(Br)c(OCC2CCC2)c(C2(CN)CCCCC2)c1. The highest BCUT2D eigenvalue weighted by Gasteiger charge is 2.36. The van der Waals surface area contributed by atoms with Crippen LogP contribution >= 0.6 is 15.9 Å². The molecule has 0 radical (unpaired) electrons. The van der Waals surface area contributed by atoms with Crippen LogP contribution in [0, 0.1) is 12.8 Å². The van der Waals surface area contributed by atoms with Gasteiger partial charge in [0.15, 0.2) is 0 Å². The summed E-state index contributed by atoms with van der Waals surface area (Å²) in [6.07, 6.45) is 10.3. The van der Waals surface area contributed by atoms with Gasteiger partial charge in [-0.1, -0.05) is 31.7 Å². The van der Waals surface area contributed by atoms with Crippen molar-refractivity contribution >= 4 is 15.9 Å². The normalized spacial score (nSPS) is 21.4. The third-order valence-corrected chi connectivity index (χ3v) is 6.24. The van der Waals surface area contributed by atoms with Gasteiger partial charge in [-0.05, 0) is 66.1 Å². The van der Waals surface area contributed by atoms with Gasteiger partial charge in [0.25, 0.3) is 0 Å². The Hall–Kier alpha value is -0.540. The minimum absolute atomic E-state index is 0.113. The van der Waals surface area contributed by atoms with Crippen molar-refractivity contribution in [3.63, 3.8) is 0 Å². The molecule has 1 aromatic rings. The number of aryl methyl sites for hydroxylation is 1. The van der Waals surface area contributed by atoms with Crippen molar-refractivity contribution in [1.82, 2.24) is 0 Å². The highest BCUT2D eigenvalue weighted by molar-refractivity contribution is 9.10. The molecular weight excluding hydrogens is 338 g/mol. The summed E-state index contributed by atoms with van der Waals surface area (Å²) < 4.78 is 7.40. The molecular formula is C19H28BrNO. The van der Waals surface area contributed by atoms with Crippen LogP contribution in [0.3, 0.4) is 0 Å². The first-order valence-electron chi connectivity index (χ1n) is 8.78. The van der Waals surface area contributed by atoms with Crippen LogP contribution < -0.4 is 10.5 Å². The summed E-state index contributed by atoms with van der Waals surface area (Å²) in [7, 11) is 0. The first kappa shape index (κ1) is 16.3.